The van der Waals surface area contributed by atoms with E-state index in [1.807, 2.05) is 29.2 Å². The Balaban J connectivity index is 1.24. The molecule has 1 N–H and O–H groups in total. The molecule has 1 aliphatic heterocycles. The van der Waals surface area contributed by atoms with Gasteiger partial charge in [-0.05, 0) is 43.5 Å². The number of amides is 1. The van der Waals surface area contributed by atoms with Crippen LogP contribution in [-0.2, 0) is 4.79 Å². The largest absolute Gasteiger partial charge is 0.352 e. The molecule has 1 amide bonds. The third-order valence-electron chi connectivity index (χ3n) is 6.17. The van der Waals surface area contributed by atoms with E-state index in [1.165, 1.54) is 31.2 Å². The van der Waals surface area contributed by atoms with E-state index in [2.05, 4.69) is 39.5 Å². The Kier molecular flexibility index (Phi) is 6.27. The van der Waals surface area contributed by atoms with Crippen molar-refractivity contribution < 1.29 is 4.79 Å². The minimum Gasteiger partial charge on any atom is -0.352 e. The number of anilines is 3. The van der Waals surface area contributed by atoms with Gasteiger partial charge in [-0.2, -0.15) is 0 Å². The fraction of sp³-hybridized carbons (Fsp3) is 0.522. The van der Waals surface area contributed by atoms with Crippen molar-refractivity contribution in [2.24, 2.45) is 5.92 Å². The minimum absolute atomic E-state index is 0.320. The van der Waals surface area contributed by atoms with Gasteiger partial charge in [0.1, 0.15) is 0 Å². The van der Waals surface area contributed by atoms with E-state index in [0.717, 1.165) is 55.8 Å². The van der Waals surface area contributed by atoms with Gasteiger partial charge in [0.2, 0.25) is 5.91 Å². The van der Waals surface area contributed by atoms with Crippen LogP contribution in [0, 0.1) is 12.8 Å². The molecular formula is C23H31N5O. The van der Waals surface area contributed by atoms with Gasteiger partial charge in [0.05, 0.1) is 0 Å². The molecule has 2 aromatic rings. The summed E-state index contributed by atoms with van der Waals surface area (Å²) in [4.78, 5) is 16.7. The molecule has 1 aromatic carbocycles. The molecule has 0 bridgehead atoms. The van der Waals surface area contributed by atoms with E-state index in [1.54, 1.807) is 0 Å². The fourth-order valence-electron chi connectivity index (χ4n) is 4.32. The molecule has 6 heteroatoms. The average Bonchev–Trinajstić information content (AvgIpc) is 3.28. The lowest BCUT2D eigenvalue weighted by atomic mass is 10.0. The predicted molar refractivity (Wildman–Crippen MR) is 116 cm³/mol. The zero-order valence-electron chi connectivity index (χ0n) is 17.3. The maximum atomic E-state index is 12.5. The molecule has 6 nitrogen and oxygen atoms in total. The lowest BCUT2D eigenvalue weighted by Crippen LogP contribution is -2.49. The third kappa shape index (κ3) is 5.25. The molecule has 4 rings (SSSR count). The summed E-state index contributed by atoms with van der Waals surface area (Å²) < 4.78 is 0. The SMILES string of the molecule is Cc1ccc(Nc2ccc(N3CCN(C(=O)CCC4CCCC4)CC3)nn2)cc1. The Labute approximate surface area is 173 Å². The average molecular weight is 394 g/mol. The van der Waals surface area contributed by atoms with Crippen LogP contribution in [0.25, 0.3) is 0 Å². The van der Waals surface area contributed by atoms with E-state index in [-0.39, 0.29) is 0 Å². The number of nitrogens with one attached hydrogen (secondary N) is 1. The Morgan fingerprint density at radius 3 is 2.38 bits per heavy atom. The number of carbonyl (C=O) groups excluding carboxylic acids is 1. The molecule has 1 saturated carbocycles. The summed E-state index contributed by atoms with van der Waals surface area (Å²) in [6, 6.07) is 12.2. The van der Waals surface area contributed by atoms with E-state index in [9.17, 15) is 4.79 Å². The maximum Gasteiger partial charge on any atom is 0.222 e. The van der Waals surface area contributed by atoms with Crippen LogP contribution in [0.4, 0.5) is 17.3 Å². The number of piperazine rings is 1. The first-order valence-electron chi connectivity index (χ1n) is 10.9. The zero-order chi connectivity index (χ0) is 20.1. The van der Waals surface area contributed by atoms with Gasteiger partial charge in [-0.1, -0.05) is 43.4 Å². The quantitative estimate of drug-likeness (QED) is 0.799. The van der Waals surface area contributed by atoms with Crippen LogP contribution in [0.1, 0.15) is 44.1 Å². The van der Waals surface area contributed by atoms with Crippen molar-refractivity contribution in [3.8, 4) is 0 Å². The van der Waals surface area contributed by atoms with Crippen molar-refractivity contribution >= 4 is 23.2 Å². The van der Waals surface area contributed by atoms with Crippen molar-refractivity contribution in [1.29, 1.82) is 0 Å². The Bertz CT molecular complexity index is 791. The topological polar surface area (TPSA) is 61.4 Å². The molecule has 29 heavy (non-hydrogen) atoms. The van der Waals surface area contributed by atoms with Gasteiger partial charge in [0, 0.05) is 38.3 Å². The molecule has 0 spiro atoms. The normalized spacial score (nSPS) is 17.6. The van der Waals surface area contributed by atoms with Gasteiger partial charge in [-0.3, -0.25) is 4.79 Å². The summed E-state index contributed by atoms with van der Waals surface area (Å²) in [5.74, 6) is 2.71. The van der Waals surface area contributed by atoms with Crippen molar-refractivity contribution in [1.82, 2.24) is 15.1 Å². The Morgan fingerprint density at radius 1 is 1.00 bits per heavy atom. The Hall–Kier alpha value is -2.63. The molecule has 154 valence electrons. The molecule has 0 unspecified atom stereocenters. The Morgan fingerprint density at radius 2 is 1.72 bits per heavy atom. The van der Waals surface area contributed by atoms with Crippen LogP contribution >= 0.6 is 0 Å². The summed E-state index contributed by atoms with van der Waals surface area (Å²) in [7, 11) is 0. The number of hydrogen-bond donors (Lipinski definition) is 1. The molecule has 1 saturated heterocycles. The third-order valence-corrected chi connectivity index (χ3v) is 6.17. The summed E-state index contributed by atoms with van der Waals surface area (Å²) in [6.07, 6.45) is 7.10. The number of aromatic nitrogens is 2. The highest BCUT2D eigenvalue weighted by atomic mass is 16.2. The molecular weight excluding hydrogens is 362 g/mol. The number of benzene rings is 1. The molecule has 2 aliphatic rings. The van der Waals surface area contributed by atoms with Crippen LogP contribution in [0.15, 0.2) is 36.4 Å². The number of nitrogens with zero attached hydrogens (tertiary/aromatic N) is 4. The monoisotopic (exact) mass is 393 g/mol. The number of aryl methyl sites for hydroxylation is 1. The molecule has 0 radical (unpaired) electrons. The molecule has 1 aliphatic carbocycles. The zero-order valence-corrected chi connectivity index (χ0v) is 17.3. The van der Waals surface area contributed by atoms with Gasteiger partial charge in [0.15, 0.2) is 11.6 Å². The van der Waals surface area contributed by atoms with E-state index >= 15 is 0 Å². The van der Waals surface area contributed by atoms with E-state index in [4.69, 9.17) is 0 Å². The van der Waals surface area contributed by atoms with Crippen molar-refractivity contribution in [3.05, 3.63) is 42.0 Å². The van der Waals surface area contributed by atoms with Gasteiger partial charge < -0.3 is 15.1 Å². The second kappa shape index (κ2) is 9.25. The first-order valence-corrected chi connectivity index (χ1v) is 10.9. The molecule has 2 heterocycles. The van der Waals surface area contributed by atoms with Crippen molar-refractivity contribution in [2.45, 2.75) is 45.4 Å². The maximum absolute atomic E-state index is 12.5. The van der Waals surface area contributed by atoms with Crippen LogP contribution in [-0.4, -0.2) is 47.2 Å². The van der Waals surface area contributed by atoms with Crippen molar-refractivity contribution in [2.75, 3.05) is 36.4 Å². The van der Waals surface area contributed by atoms with Gasteiger partial charge >= 0.3 is 0 Å². The summed E-state index contributed by atoms with van der Waals surface area (Å²) in [5.41, 5.74) is 2.23. The second-order valence-corrected chi connectivity index (χ2v) is 8.32. The first-order chi connectivity index (χ1) is 14.2. The van der Waals surface area contributed by atoms with Crippen LogP contribution in [0.3, 0.4) is 0 Å². The van der Waals surface area contributed by atoms with Crippen molar-refractivity contribution in [3.63, 3.8) is 0 Å². The first kappa shape index (κ1) is 19.7. The highest BCUT2D eigenvalue weighted by Gasteiger charge is 2.23. The summed E-state index contributed by atoms with van der Waals surface area (Å²) in [6.45, 7) is 5.24. The summed E-state index contributed by atoms with van der Waals surface area (Å²) in [5, 5.41) is 12.0. The van der Waals surface area contributed by atoms with Crippen LogP contribution in [0.2, 0.25) is 0 Å². The summed E-state index contributed by atoms with van der Waals surface area (Å²) >= 11 is 0. The molecule has 1 aromatic heterocycles. The fourth-order valence-corrected chi connectivity index (χ4v) is 4.32. The van der Waals surface area contributed by atoms with Gasteiger partial charge in [0.25, 0.3) is 0 Å². The lowest BCUT2D eigenvalue weighted by molar-refractivity contribution is -0.131. The molecule has 0 atom stereocenters. The highest BCUT2D eigenvalue weighted by molar-refractivity contribution is 5.76. The number of rotatable bonds is 6. The van der Waals surface area contributed by atoms with Gasteiger partial charge in [-0.15, -0.1) is 10.2 Å². The minimum atomic E-state index is 0.320. The van der Waals surface area contributed by atoms with E-state index < -0.39 is 0 Å². The van der Waals surface area contributed by atoms with E-state index in [0.29, 0.717) is 12.3 Å². The number of hydrogen-bond acceptors (Lipinski definition) is 5. The number of carbonyl (C=O) groups is 1. The highest BCUT2D eigenvalue weighted by Crippen LogP contribution is 2.28. The predicted octanol–water partition coefficient (Wildman–Crippen LogP) is 4.15. The molecule has 2 fully saturated rings. The second-order valence-electron chi connectivity index (χ2n) is 8.32. The van der Waals surface area contributed by atoms with Crippen LogP contribution < -0.4 is 10.2 Å². The standard InChI is InChI=1S/C23H31N5O/c1-18-6-9-20(10-7-18)24-21-11-12-22(26-25-21)27-14-16-28(17-15-27)23(29)13-8-19-4-2-3-5-19/h6-7,9-12,19H,2-5,8,13-17H2,1H3,(H,24,25). The lowest BCUT2D eigenvalue weighted by Gasteiger charge is -2.35. The van der Waals surface area contributed by atoms with Crippen LogP contribution in [0.5, 0.6) is 0 Å². The van der Waals surface area contributed by atoms with Gasteiger partial charge in [-0.25, -0.2) is 0 Å². The smallest absolute Gasteiger partial charge is 0.222 e.